The van der Waals surface area contributed by atoms with E-state index in [0.29, 0.717) is 5.75 Å². The van der Waals surface area contributed by atoms with Gasteiger partial charge in [0.05, 0.1) is 18.8 Å². The zero-order chi connectivity index (χ0) is 19.3. The van der Waals surface area contributed by atoms with E-state index in [0.717, 1.165) is 41.9 Å². The highest BCUT2D eigenvalue weighted by atomic mass is 32.2. The molecule has 0 N–H and O–H groups in total. The first-order chi connectivity index (χ1) is 12.8. The summed E-state index contributed by atoms with van der Waals surface area (Å²) in [5.74, 6) is 0.592. The first-order valence-corrected chi connectivity index (χ1v) is 10.7. The Morgan fingerprint density at radius 1 is 1.07 bits per heavy atom. The number of benzene rings is 2. The molecule has 0 unspecified atom stereocenters. The third-order valence-corrected chi connectivity index (χ3v) is 7.62. The molecular weight excluding hydrogens is 360 g/mol. The fourth-order valence-electron chi connectivity index (χ4n) is 4.44. The predicted octanol–water partition coefficient (Wildman–Crippen LogP) is 3.31. The molecule has 0 bridgehead atoms. The number of rotatable bonds is 3. The predicted molar refractivity (Wildman–Crippen MR) is 107 cm³/mol. The molecule has 0 aromatic heterocycles. The Labute approximate surface area is 161 Å². The number of hydrogen-bond donors (Lipinski definition) is 0. The van der Waals surface area contributed by atoms with Crippen LogP contribution in [0.3, 0.4) is 0 Å². The lowest BCUT2D eigenvalue weighted by Crippen LogP contribution is -2.47. The fraction of sp³-hybridized carbons (Fsp3) is 0.429. The smallest absolute Gasteiger partial charge is 0.268 e. The molecule has 1 saturated heterocycles. The normalized spacial score (nSPS) is 22.4. The van der Waals surface area contributed by atoms with Crippen LogP contribution in [-0.2, 0) is 10.0 Å². The average molecular weight is 387 g/mol. The van der Waals surface area contributed by atoms with Gasteiger partial charge in [-0.25, -0.2) is 8.42 Å². The average Bonchev–Trinajstić information content (AvgIpc) is 2.95. The van der Waals surface area contributed by atoms with E-state index in [4.69, 9.17) is 4.74 Å². The van der Waals surface area contributed by atoms with Crippen LogP contribution in [0.2, 0.25) is 0 Å². The number of likely N-dealkylation sites (N-methyl/N-ethyl adjacent to an activating group) is 1. The summed E-state index contributed by atoms with van der Waals surface area (Å²) in [4.78, 5) is 2.53. The van der Waals surface area contributed by atoms with Gasteiger partial charge >= 0.3 is 0 Å². The molecule has 6 heteroatoms. The zero-order valence-electron chi connectivity index (χ0n) is 16.3. The summed E-state index contributed by atoms with van der Waals surface area (Å²) in [6, 6.07) is 11.4. The van der Waals surface area contributed by atoms with Gasteiger partial charge in [0, 0.05) is 12.5 Å². The van der Waals surface area contributed by atoms with Crippen LogP contribution in [0.5, 0.6) is 5.75 Å². The highest BCUT2D eigenvalue weighted by Crippen LogP contribution is 2.48. The molecule has 0 radical (unpaired) electrons. The summed E-state index contributed by atoms with van der Waals surface area (Å²) in [6.45, 7) is 5.73. The summed E-state index contributed by atoms with van der Waals surface area (Å²) in [5.41, 5.74) is 4.02. The highest BCUT2D eigenvalue weighted by Gasteiger charge is 2.47. The summed E-state index contributed by atoms with van der Waals surface area (Å²) in [7, 11) is -0.107. The summed E-state index contributed by atoms with van der Waals surface area (Å²) in [6.07, 6.45) is 0.822. The molecule has 2 atom stereocenters. The van der Waals surface area contributed by atoms with Crippen LogP contribution >= 0.6 is 0 Å². The van der Waals surface area contributed by atoms with Gasteiger partial charge in [-0.1, -0.05) is 23.8 Å². The molecule has 2 aromatic rings. The number of piperidine rings is 1. The van der Waals surface area contributed by atoms with Crippen molar-refractivity contribution in [2.75, 3.05) is 31.6 Å². The molecule has 1 fully saturated rings. The van der Waals surface area contributed by atoms with Gasteiger partial charge in [-0.2, -0.15) is 0 Å². The van der Waals surface area contributed by atoms with Crippen molar-refractivity contribution >= 4 is 15.7 Å². The van der Waals surface area contributed by atoms with Crippen molar-refractivity contribution in [3.05, 3.63) is 53.1 Å². The third-order valence-electron chi connectivity index (χ3n) is 5.76. The molecular formula is C21H26N2O3S. The van der Waals surface area contributed by atoms with Crippen LogP contribution in [0.15, 0.2) is 41.3 Å². The molecule has 0 aliphatic carbocycles. The second-order valence-electron chi connectivity index (χ2n) is 7.74. The zero-order valence-corrected chi connectivity index (χ0v) is 17.1. The van der Waals surface area contributed by atoms with Crippen LogP contribution in [0.4, 0.5) is 5.69 Å². The SMILES string of the molecule is COc1ccc(C)cc1S(=O)(=O)N1c2ccc(C)cc2[C@@H]2CN(C)CC[C@@H]21. The topological polar surface area (TPSA) is 49.9 Å². The molecule has 27 heavy (non-hydrogen) atoms. The Morgan fingerprint density at radius 3 is 2.52 bits per heavy atom. The Morgan fingerprint density at radius 2 is 1.78 bits per heavy atom. The summed E-state index contributed by atoms with van der Waals surface area (Å²) < 4.78 is 34.6. The Hall–Kier alpha value is -2.05. The number of likely N-dealkylation sites (tertiary alicyclic amines) is 1. The van der Waals surface area contributed by atoms with Crippen molar-refractivity contribution in [2.45, 2.75) is 37.1 Å². The van der Waals surface area contributed by atoms with Crippen molar-refractivity contribution in [3.63, 3.8) is 0 Å². The van der Waals surface area contributed by atoms with E-state index in [9.17, 15) is 8.42 Å². The van der Waals surface area contributed by atoms with Crippen molar-refractivity contribution in [1.82, 2.24) is 4.90 Å². The summed E-state index contributed by atoms with van der Waals surface area (Å²) in [5, 5.41) is 0. The van der Waals surface area contributed by atoms with Crippen LogP contribution < -0.4 is 9.04 Å². The fourth-order valence-corrected chi connectivity index (χ4v) is 6.42. The molecule has 0 spiro atoms. The van der Waals surface area contributed by atoms with Crippen LogP contribution in [-0.4, -0.2) is 46.6 Å². The maximum Gasteiger partial charge on any atom is 0.268 e. The van der Waals surface area contributed by atoms with Crippen molar-refractivity contribution in [2.24, 2.45) is 0 Å². The van der Waals surface area contributed by atoms with Gasteiger partial charge in [-0.3, -0.25) is 4.31 Å². The van der Waals surface area contributed by atoms with Gasteiger partial charge in [-0.05, 0) is 63.2 Å². The molecule has 2 heterocycles. The molecule has 5 nitrogen and oxygen atoms in total. The van der Waals surface area contributed by atoms with Crippen LogP contribution in [0.1, 0.15) is 29.0 Å². The highest BCUT2D eigenvalue weighted by molar-refractivity contribution is 7.93. The standard InChI is InChI=1S/C21H26N2O3S/c1-14-5-7-18-16(11-14)17-13-22(3)10-9-19(17)23(18)27(24,25)21-12-15(2)6-8-20(21)26-4/h5-8,11-12,17,19H,9-10,13H2,1-4H3/t17-,19-/m0/s1. The van der Waals surface area contributed by atoms with E-state index in [2.05, 4.69) is 24.9 Å². The van der Waals surface area contributed by atoms with E-state index in [1.807, 2.05) is 25.1 Å². The Balaban J connectivity index is 1.89. The largest absolute Gasteiger partial charge is 0.495 e. The number of fused-ring (bicyclic) bond motifs is 3. The minimum absolute atomic E-state index is 0.0479. The number of aryl methyl sites for hydroxylation is 2. The number of methoxy groups -OCH3 is 1. The Kier molecular flexibility index (Phi) is 4.43. The Bertz CT molecular complexity index is 987. The first kappa shape index (κ1) is 18.3. The molecule has 2 aliphatic rings. The first-order valence-electron chi connectivity index (χ1n) is 9.31. The van der Waals surface area contributed by atoms with Gasteiger partial charge in [0.2, 0.25) is 0 Å². The lowest BCUT2D eigenvalue weighted by Gasteiger charge is -2.36. The number of hydrogen-bond acceptors (Lipinski definition) is 4. The van der Waals surface area contributed by atoms with E-state index >= 15 is 0 Å². The molecule has 2 aliphatic heterocycles. The molecule has 144 valence electrons. The van der Waals surface area contributed by atoms with Crippen molar-refractivity contribution in [3.8, 4) is 5.75 Å². The number of anilines is 1. The monoisotopic (exact) mass is 386 g/mol. The van der Waals surface area contributed by atoms with E-state index in [1.165, 1.54) is 7.11 Å². The number of nitrogens with zero attached hydrogens (tertiary/aromatic N) is 2. The van der Waals surface area contributed by atoms with Gasteiger partial charge < -0.3 is 9.64 Å². The van der Waals surface area contributed by atoms with Gasteiger partial charge in [-0.15, -0.1) is 0 Å². The maximum atomic E-state index is 13.8. The molecule has 0 saturated carbocycles. The second-order valence-corrected chi connectivity index (χ2v) is 9.53. The van der Waals surface area contributed by atoms with Gasteiger partial charge in [0.15, 0.2) is 0 Å². The van der Waals surface area contributed by atoms with Crippen molar-refractivity contribution in [1.29, 1.82) is 0 Å². The molecule has 4 rings (SSSR count). The van der Waals surface area contributed by atoms with Crippen molar-refractivity contribution < 1.29 is 13.2 Å². The van der Waals surface area contributed by atoms with E-state index in [1.54, 1.807) is 16.4 Å². The van der Waals surface area contributed by atoms with E-state index in [-0.39, 0.29) is 16.9 Å². The van der Waals surface area contributed by atoms with Crippen LogP contribution in [0, 0.1) is 13.8 Å². The molecule has 2 aromatic carbocycles. The minimum atomic E-state index is -3.73. The number of sulfonamides is 1. The third kappa shape index (κ3) is 2.91. The second kappa shape index (κ2) is 6.53. The summed E-state index contributed by atoms with van der Waals surface area (Å²) >= 11 is 0. The maximum absolute atomic E-state index is 13.8. The lowest BCUT2D eigenvalue weighted by atomic mass is 9.89. The number of ether oxygens (including phenoxy) is 1. The quantitative estimate of drug-likeness (QED) is 0.812. The lowest BCUT2D eigenvalue weighted by molar-refractivity contribution is 0.237. The van der Waals surface area contributed by atoms with Gasteiger partial charge in [0.25, 0.3) is 10.0 Å². The molecule has 0 amide bonds. The van der Waals surface area contributed by atoms with Gasteiger partial charge in [0.1, 0.15) is 10.6 Å². The minimum Gasteiger partial charge on any atom is -0.495 e. The van der Waals surface area contributed by atoms with E-state index < -0.39 is 10.0 Å². The van der Waals surface area contributed by atoms with Crippen LogP contribution in [0.25, 0.3) is 0 Å².